The molecule has 0 radical (unpaired) electrons. The molecule has 0 saturated carbocycles. The van der Waals surface area contributed by atoms with E-state index >= 15 is 0 Å². The second-order valence-corrected chi connectivity index (χ2v) is 11.6. The molecule has 14 heteroatoms. The van der Waals surface area contributed by atoms with Gasteiger partial charge in [-0.15, -0.1) is 0 Å². The Bertz CT molecular complexity index is 1300. The van der Waals surface area contributed by atoms with Gasteiger partial charge in [-0.1, -0.05) is 43.1 Å². The van der Waals surface area contributed by atoms with Crippen molar-refractivity contribution in [1.82, 2.24) is 10.2 Å². The van der Waals surface area contributed by atoms with E-state index in [-0.39, 0.29) is 40.5 Å². The number of non-ortho nitro benzene ring substituents is 1. The van der Waals surface area contributed by atoms with E-state index in [2.05, 4.69) is 5.32 Å². The predicted octanol–water partition coefficient (Wildman–Crippen LogP) is 4.40. The average molecular weight is 604 g/mol. The number of hydrogen-bond donors (Lipinski definition) is 1. The van der Waals surface area contributed by atoms with Gasteiger partial charge in [0.05, 0.1) is 18.3 Å². The zero-order valence-corrected chi connectivity index (χ0v) is 24.6. The molecule has 0 bridgehead atoms. The number of nitro benzene ring substituents is 1. The number of nitro groups is 1. The number of carbonyl (C=O) groups is 2. The molecule has 214 valence electrons. The molecular formula is C25H32Cl2N4O7S. The van der Waals surface area contributed by atoms with Gasteiger partial charge in [0.1, 0.15) is 24.0 Å². The van der Waals surface area contributed by atoms with Gasteiger partial charge in [0, 0.05) is 40.3 Å². The number of benzene rings is 2. The first-order valence-electron chi connectivity index (χ1n) is 12.1. The molecule has 1 N–H and O–H groups in total. The van der Waals surface area contributed by atoms with Gasteiger partial charge < -0.3 is 15.0 Å². The minimum atomic E-state index is -4.16. The molecule has 2 aromatic rings. The molecule has 0 aliphatic carbocycles. The number of halogens is 2. The topological polar surface area (TPSA) is 139 Å². The maximum absolute atomic E-state index is 13.9. The van der Waals surface area contributed by atoms with Crippen molar-refractivity contribution in [2.75, 3.05) is 24.2 Å². The lowest BCUT2D eigenvalue weighted by Gasteiger charge is -2.34. The maximum atomic E-state index is 13.9. The number of ether oxygens (including phenoxy) is 1. The second-order valence-electron chi connectivity index (χ2n) is 8.85. The number of sulfonamides is 1. The predicted molar refractivity (Wildman–Crippen MR) is 151 cm³/mol. The van der Waals surface area contributed by atoms with Crippen LogP contribution in [0.25, 0.3) is 0 Å². The molecule has 2 atom stereocenters. The summed E-state index contributed by atoms with van der Waals surface area (Å²) in [5.74, 6) is -1.18. The van der Waals surface area contributed by atoms with E-state index in [9.17, 15) is 28.1 Å². The molecular weight excluding hydrogens is 571 g/mol. The van der Waals surface area contributed by atoms with Crippen molar-refractivity contribution in [2.24, 2.45) is 0 Å². The van der Waals surface area contributed by atoms with Gasteiger partial charge in [-0.25, -0.2) is 8.42 Å². The Kier molecular flexibility index (Phi) is 11.4. The SMILES string of the molecule is CCC(C)NC(=O)C(CC)N(Cc1c(Cl)cccc1Cl)C(=O)CN(c1cc([N+](=O)[O-])ccc1OC)S(C)(=O)=O. The molecule has 11 nitrogen and oxygen atoms in total. The zero-order chi connectivity index (χ0) is 29.5. The van der Waals surface area contributed by atoms with E-state index in [1.165, 1.54) is 18.1 Å². The highest BCUT2D eigenvalue weighted by Crippen LogP contribution is 2.34. The van der Waals surface area contributed by atoms with Crippen molar-refractivity contribution in [3.05, 3.63) is 62.1 Å². The normalized spacial score (nSPS) is 12.8. The number of methoxy groups -OCH3 is 1. The van der Waals surface area contributed by atoms with Crippen LogP contribution < -0.4 is 14.4 Å². The van der Waals surface area contributed by atoms with Crippen molar-refractivity contribution >= 4 is 56.4 Å². The summed E-state index contributed by atoms with van der Waals surface area (Å²) >= 11 is 12.7. The fourth-order valence-electron chi connectivity index (χ4n) is 3.80. The van der Waals surface area contributed by atoms with E-state index in [1.807, 2.05) is 13.8 Å². The van der Waals surface area contributed by atoms with Gasteiger partial charge in [-0.3, -0.25) is 24.0 Å². The van der Waals surface area contributed by atoms with E-state index < -0.39 is 45.0 Å². The summed E-state index contributed by atoms with van der Waals surface area (Å²) in [6.07, 6.45) is 1.72. The third kappa shape index (κ3) is 8.20. The first-order chi connectivity index (χ1) is 18.2. The zero-order valence-electron chi connectivity index (χ0n) is 22.3. The van der Waals surface area contributed by atoms with E-state index in [0.29, 0.717) is 16.3 Å². The summed E-state index contributed by atoms with van der Waals surface area (Å²) in [4.78, 5) is 39.0. The number of carbonyl (C=O) groups excluding carboxylic acids is 2. The van der Waals surface area contributed by atoms with Gasteiger partial charge in [-0.2, -0.15) is 0 Å². The van der Waals surface area contributed by atoms with Gasteiger partial charge in [0.15, 0.2) is 0 Å². The molecule has 39 heavy (non-hydrogen) atoms. The van der Waals surface area contributed by atoms with Crippen molar-refractivity contribution in [2.45, 2.75) is 52.2 Å². The molecule has 0 saturated heterocycles. The fourth-order valence-corrected chi connectivity index (χ4v) is 5.16. The van der Waals surface area contributed by atoms with Crippen LogP contribution in [0.2, 0.25) is 10.0 Å². The molecule has 0 aliphatic rings. The van der Waals surface area contributed by atoms with Crippen LogP contribution in [0.1, 0.15) is 39.2 Å². The Morgan fingerprint density at radius 1 is 1.13 bits per heavy atom. The number of amides is 2. The number of nitrogens with one attached hydrogen (secondary N) is 1. The van der Waals surface area contributed by atoms with Gasteiger partial charge in [0.25, 0.3) is 5.69 Å². The third-order valence-electron chi connectivity index (χ3n) is 6.10. The van der Waals surface area contributed by atoms with Crippen LogP contribution in [-0.2, 0) is 26.2 Å². The van der Waals surface area contributed by atoms with Crippen LogP contribution in [0.5, 0.6) is 5.75 Å². The lowest BCUT2D eigenvalue weighted by molar-refractivity contribution is -0.384. The molecule has 0 aromatic heterocycles. The van der Waals surface area contributed by atoms with E-state index in [1.54, 1.807) is 25.1 Å². The first-order valence-corrected chi connectivity index (χ1v) is 14.7. The van der Waals surface area contributed by atoms with Crippen molar-refractivity contribution in [3.63, 3.8) is 0 Å². The summed E-state index contributed by atoms with van der Waals surface area (Å²) in [6, 6.07) is 7.04. The smallest absolute Gasteiger partial charge is 0.271 e. The molecule has 2 unspecified atom stereocenters. The highest BCUT2D eigenvalue weighted by molar-refractivity contribution is 7.92. The molecule has 2 aromatic carbocycles. The van der Waals surface area contributed by atoms with Crippen molar-refractivity contribution < 1.29 is 27.7 Å². The van der Waals surface area contributed by atoms with Gasteiger partial charge in [0.2, 0.25) is 21.8 Å². The number of hydrogen-bond acceptors (Lipinski definition) is 7. The van der Waals surface area contributed by atoms with Gasteiger partial charge in [-0.05, 0) is 38.0 Å². The Hall–Kier alpha value is -3.09. The maximum Gasteiger partial charge on any atom is 0.271 e. The molecule has 0 heterocycles. The summed E-state index contributed by atoms with van der Waals surface area (Å²) in [5.41, 5.74) is -0.218. The summed E-state index contributed by atoms with van der Waals surface area (Å²) in [6.45, 7) is 4.47. The highest BCUT2D eigenvalue weighted by Gasteiger charge is 2.34. The van der Waals surface area contributed by atoms with Crippen molar-refractivity contribution in [1.29, 1.82) is 0 Å². The number of anilines is 1. The quantitative estimate of drug-likeness (QED) is 0.265. The summed E-state index contributed by atoms with van der Waals surface area (Å²) in [5, 5.41) is 14.8. The van der Waals surface area contributed by atoms with Crippen LogP contribution >= 0.6 is 23.2 Å². The van der Waals surface area contributed by atoms with Crippen molar-refractivity contribution in [3.8, 4) is 5.75 Å². The van der Waals surface area contributed by atoms with Crippen LogP contribution in [0.3, 0.4) is 0 Å². The average Bonchev–Trinajstić information content (AvgIpc) is 2.87. The van der Waals surface area contributed by atoms with Crippen LogP contribution in [0.15, 0.2) is 36.4 Å². The van der Waals surface area contributed by atoms with E-state index in [4.69, 9.17) is 27.9 Å². The Morgan fingerprint density at radius 3 is 2.23 bits per heavy atom. The summed E-state index contributed by atoms with van der Waals surface area (Å²) < 4.78 is 31.7. The Labute approximate surface area is 238 Å². The van der Waals surface area contributed by atoms with E-state index in [0.717, 1.165) is 18.4 Å². The third-order valence-corrected chi connectivity index (χ3v) is 7.93. The number of nitrogens with zero attached hydrogens (tertiary/aromatic N) is 3. The molecule has 0 spiro atoms. The lowest BCUT2D eigenvalue weighted by Crippen LogP contribution is -2.53. The largest absolute Gasteiger partial charge is 0.495 e. The van der Waals surface area contributed by atoms with Crippen LogP contribution in [0.4, 0.5) is 11.4 Å². The highest BCUT2D eigenvalue weighted by atomic mass is 35.5. The first kappa shape index (κ1) is 32.1. The minimum absolute atomic E-state index is 0.000999. The monoisotopic (exact) mass is 602 g/mol. The minimum Gasteiger partial charge on any atom is -0.495 e. The van der Waals surface area contributed by atoms with Crippen LogP contribution in [-0.4, -0.2) is 62.0 Å². The lowest BCUT2D eigenvalue weighted by atomic mass is 10.1. The molecule has 0 aliphatic heterocycles. The van der Waals surface area contributed by atoms with Gasteiger partial charge >= 0.3 is 0 Å². The molecule has 2 rings (SSSR count). The summed E-state index contributed by atoms with van der Waals surface area (Å²) in [7, 11) is -2.89. The molecule has 2 amide bonds. The standard InChI is InChI=1S/C25H32Cl2N4O7S/c1-6-16(3)28-25(33)21(7-2)29(14-18-19(26)9-8-10-20(18)27)24(32)15-30(39(5,36)37)22-13-17(31(34)35)11-12-23(22)38-4/h8-13,16,21H,6-7,14-15H2,1-5H3,(H,28,33). The Morgan fingerprint density at radius 2 is 1.74 bits per heavy atom. The van der Waals surface area contributed by atoms with Crippen LogP contribution in [0, 0.1) is 10.1 Å². The Balaban J connectivity index is 2.62. The number of rotatable bonds is 13. The fraction of sp³-hybridized carbons (Fsp3) is 0.440. The second kappa shape index (κ2) is 13.8. The molecule has 0 fully saturated rings.